The van der Waals surface area contributed by atoms with Gasteiger partial charge in [0.1, 0.15) is 0 Å². The first-order chi connectivity index (χ1) is 1.73. The third-order valence-corrected chi connectivity index (χ3v) is 0. The van der Waals surface area contributed by atoms with Crippen LogP contribution < -0.4 is 0 Å². The molecule has 0 aliphatic heterocycles. The average Bonchev–Trinajstić information content (AvgIpc) is 0.811. The van der Waals surface area contributed by atoms with Crippen molar-refractivity contribution in [2.24, 2.45) is 0 Å². The van der Waals surface area contributed by atoms with E-state index in [0.717, 1.165) is 0 Å². The van der Waals surface area contributed by atoms with E-state index in [2.05, 4.69) is 0 Å². The van der Waals surface area contributed by atoms with Gasteiger partial charge in [0, 0.05) is 27.3 Å². The molecule has 0 unspecified atom stereocenters. The first-order valence-corrected chi connectivity index (χ1v) is 3.85. The molecule has 5 heavy (non-hydrogen) atoms. The van der Waals surface area contributed by atoms with E-state index in [-0.39, 0.29) is 27.3 Å². The predicted octanol–water partition coefficient (Wildman–Crippen LogP) is -1.62. The molecule has 0 aromatic heterocycles. The molecule has 0 atom stereocenters. The molecule has 0 fully saturated rings. The summed E-state index contributed by atoms with van der Waals surface area (Å²) < 4.78 is 23.3. The van der Waals surface area contributed by atoms with E-state index in [9.17, 15) is 0 Å². The minimum Gasteiger partial charge on any atom is 0 e. The fraction of sp³-hybridized carbons (Fsp3) is 0. The van der Waals surface area contributed by atoms with E-state index in [1.165, 1.54) is 0 Å². The van der Waals surface area contributed by atoms with Crippen molar-refractivity contribution >= 4 is 27.3 Å². The van der Waals surface area contributed by atoms with Crippen LogP contribution in [0.5, 0.6) is 0 Å². The van der Waals surface area contributed by atoms with Gasteiger partial charge in [-0.05, 0) is 0 Å². The Morgan fingerprint density at radius 1 is 1.40 bits per heavy atom. The Kier molecular flexibility index (Phi) is 10.7. The second kappa shape index (κ2) is 5.53. The van der Waals surface area contributed by atoms with E-state index < -0.39 is 22.6 Å². The van der Waals surface area contributed by atoms with Crippen molar-refractivity contribution < 1.29 is 31.8 Å². The Labute approximate surface area is 58.5 Å². The molecular weight excluding hydrogens is 346 g/mol. The summed E-state index contributed by atoms with van der Waals surface area (Å²) in [4.78, 5) is 0. The molecule has 5 heteroatoms. The topological polar surface area (TPSA) is 57.5 Å². The molecule has 0 rings (SSSR count). The van der Waals surface area contributed by atoms with Crippen LogP contribution in [0.4, 0.5) is 0 Å². The Bertz CT molecular complexity index is 29.9. The Morgan fingerprint density at radius 2 is 1.40 bits per heavy atom. The molecule has 0 saturated carbocycles. The van der Waals surface area contributed by atoms with Crippen LogP contribution in [0.2, 0.25) is 0 Å². The van der Waals surface area contributed by atoms with Crippen LogP contribution in [0, 0.1) is 0 Å². The van der Waals surface area contributed by atoms with Crippen molar-refractivity contribution in [1.29, 1.82) is 0 Å². The summed E-state index contributed by atoms with van der Waals surface area (Å²) in [6, 6.07) is 0. The molecular formula is H2O3PbZr. The van der Waals surface area contributed by atoms with Gasteiger partial charge in [-0.3, -0.25) is 0 Å². The molecule has 0 aliphatic carbocycles. The Hall–Kier alpha value is 1.53. The van der Waals surface area contributed by atoms with E-state index in [1.54, 1.807) is 0 Å². The largest absolute Gasteiger partial charge is 0 e. The predicted molar refractivity (Wildman–Crippen MR) is 10.9 cm³/mol. The summed E-state index contributed by atoms with van der Waals surface area (Å²) in [5, 5.41) is 0. The standard InChI is InChI=1S/2H2O.O.Pb.Zr/h2*1H2;;;/q;;;;+2/p-2. The van der Waals surface area contributed by atoms with Crippen LogP contribution in [-0.4, -0.2) is 33.7 Å². The summed E-state index contributed by atoms with van der Waals surface area (Å²) >= 11 is -3.79. The van der Waals surface area contributed by atoms with Gasteiger partial charge in [0.2, 0.25) is 0 Å². The van der Waals surface area contributed by atoms with Gasteiger partial charge in [-0.1, -0.05) is 0 Å². The molecule has 0 saturated heterocycles. The Morgan fingerprint density at radius 3 is 1.40 bits per heavy atom. The van der Waals surface area contributed by atoms with Crippen LogP contribution >= 0.6 is 0 Å². The van der Waals surface area contributed by atoms with Gasteiger partial charge in [-0.25, -0.2) is 0 Å². The zero-order valence-electron chi connectivity index (χ0n) is 2.30. The van der Waals surface area contributed by atoms with Crippen LogP contribution in [0.1, 0.15) is 0 Å². The molecule has 0 amide bonds. The summed E-state index contributed by atoms with van der Waals surface area (Å²) in [7, 11) is 0. The maximum absolute atomic E-state index is 8.84. The number of rotatable bonds is 0. The van der Waals surface area contributed by atoms with Crippen LogP contribution in [0.25, 0.3) is 0 Å². The van der Waals surface area contributed by atoms with Crippen molar-refractivity contribution in [1.82, 2.24) is 0 Å². The zero-order valence-corrected chi connectivity index (χ0v) is 8.65. The Balaban J connectivity index is 0. The smallest absolute Gasteiger partial charge is 0 e. The van der Waals surface area contributed by atoms with Crippen molar-refractivity contribution in [3.63, 3.8) is 0 Å². The molecule has 3 nitrogen and oxygen atoms in total. The van der Waals surface area contributed by atoms with Crippen molar-refractivity contribution in [3.8, 4) is 0 Å². The fourth-order valence-corrected chi connectivity index (χ4v) is 0. The van der Waals surface area contributed by atoms with Gasteiger partial charge in [0.25, 0.3) is 0 Å². The maximum Gasteiger partial charge on any atom is 0 e. The molecule has 0 aromatic carbocycles. The molecule has 0 aromatic rings. The fourth-order valence-electron chi connectivity index (χ4n) is 0. The second-order valence-electron chi connectivity index (χ2n) is 0.283. The summed E-state index contributed by atoms with van der Waals surface area (Å²) in [5.74, 6) is 0. The van der Waals surface area contributed by atoms with Gasteiger partial charge in [0.15, 0.2) is 0 Å². The average molecular weight is 348 g/mol. The quantitative estimate of drug-likeness (QED) is 0.518. The molecule has 0 aliphatic rings. The third kappa shape index (κ3) is 29.5. The second-order valence-corrected chi connectivity index (χ2v) is 1.67. The number of hydrogen-bond acceptors (Lipinski definition) is 1. The third-order valence-electron chi connectivity index (χ3n) is 0. The first-order valence-electron chi connectivity index (χ1n) is 0.651. The maximum atomic E-state index is 8.84. The van der Waals surface area contributed by atoms with Crippen LogP contribution in [0.3, 0.4) is 0 Å². The normalized spacial score (nSPS) is 5.20. The van der Waals surface area contributed by atoms with Gasteiger partial charge >= 0.3 is 31.8 Å². The zero-order chi connectivity index (χ0) is 3.58. The SMILES string of the molecule is [O]=[Zr]([OH])[OH].[Pb]. The molecule has 0 heterocycles. The molecule has 28 valence electrons. The van der Waals surface area contributed by atoms with Gasteiger partial charge in [-0.2, -0.15) is 0 Å². The van der Waals surface area contributed by atoms with Crippen LogP contribution in [0.15, 0.2) is 0 Å². The van der Waals surface area contributed by atoms with Crippen molar-refractivity contribution in [2.45, 2.75) is 0 Å². The summed E-state index contributed by atoms with van der Waals surface area (Å²) in [6.45, 7) is 0. The summed E-state index contributed by atoms with van der Waals surface area (Å²) in [6.07, 6.45) is 0. The summed E-state index contributed by atoms with van der Waals surface area (Å²) in [5.41, 5.74) is 0. The minimum atomic E-state index is -3.79. The van der Waals surface area contributed by atoms with Crippen molar-refractivity contribution in [3.05, 3.63) is 0 Å². The molecule has 0 bridgehead atoms. The van der Waals surface area contributed by atoms with Gasteiger partial charge in [0.05, 0.1) is 0 Å². The van der Waals surface area contributed by atoms with E-state index >= 15 is 0 Å². The van der Waals surface area contributed by atoms with E-state index in [4.69, 9.17) is 9.18 Å². The monoisotopic (exact) mass is 348 g/mol. The van der Waals surface area contributed by atoms with Crippen LogP contribution in [-0.2, 0) is 25.4 Å². The minimum absolute atomic E-state index is 0. The first kappa shape index (κ1) is 9.73. The molecule has 0 spiro atoms. The van der Waals surface area contributed by atoms with Gasteiger partial charge < -0.3 is 0 Å². The molecule has 4 radical (unpaired) electrons. The number of hydrogen-bond donors (Lipinski definition) is 2. The molecule has 2 N–H and O–H groups in total. The van der Waals surface area contributed by atoms with E-state index in [0.29, 0.717) is 0 Å². The van der Waals surface area contributed by atoms with Gasteiger partial charge in [-0.15, -0.1) is 0 Å². The van der Waals surface area contributed by atoms with Crippen molar-refractivity contribution in [2.75, 3.05) is 0 Å². The van der Waals surface area contributed by atoms with E-state index in [1.807, 2.05) is 0 Å².